The lowest BCUT2D eigenvalue weighted by atomic mass is 10.1. The Morgan fingerprint density at radius 2 is 1.83 bits per heavy atom. The van der Waals surface area contributed by atoms with Crippen molar-refractivity contribution in [2.24, 2.45) is 0 Å². The van der Waals surface area contributed by atoms with Gasteiger partial charge in [0, 0.05) is 22.5 Å². The van der Waals surface area contributed by atoms with Crippen molar-refractivity contribution in [2.75, 3.05) is 0 Å². The van der Waals surface area contributed by atoms with Crippen LogP contribution in [0.25, 0.3) is 11.4 Å². The molecule has 0 bridgehead atoms. The minimum absolute atomic E-state index is 0.212. The molecule has 2 aromatic heterocycles. The van der Waals surface area contributed by atoms with E-state index in [4.69, 9.17) is 11.6 Å². The van der Waals surface area contributed by atoms with E-state index in [1.807, 2.05) is 61.0 Å². The largest absolute Gasteiger partial charge is 0.344 e. The third kappa shape index (κ3) is 3.93. The number of carbonyl (C=O) groups is 1. The number of aromatic nitrogens is 4. The summed E-state index contributed by atoms with van der Waals surface area (Å²) in [5.41, 5.74) is 4.05. The summed E-state index contributed by atoms with van der Waals surface area (Å²) in [4.78, 5) is 12.7. The Bertz CT molecular complexity index is 1150. The zero-order chi connectivity index (χ0) is 20.4. The van der Waals surface area contributed by atoms with Crippen molar-refractivity contribution in [3.8, 4) is 11.4 Å². The quantitative estimate of drug-likeness (QED) is 0.531. The van der Waals surface area contributed by atoms with E-state index in [1.165, 1.54) is 0 Å². The lowest BCUT2D eigenvalue weighted by Gasteiger charge is -2.13. The van der Waals surface area contributed by atoms with Crippen LogP contribution in [0.1, 0.15) is 34.7 Å². The monoisotopic (exact) mass is 405 g/mol. The average Bonchev–Trinajstić information content (AvgIpc) is 3.36. The van der Waals surface area contributed by atoms with Crippen LogP contribution in [0.3, 0.4) is 0 Å². The van der Waals surface area contributed by atoms with E-state index in [9.17, 15) is 4.79 Å². The van der Waals surface area contributed by atoms with Gasteiger partial charge < -0.3 is 5.32 Å². The van der Waals surface area contributed by atoms with Crippen LogP contribution in [0.2, 0.25) is 5.02 Å². The highest BCUT2D eigenvalue weighted by atomic mass is 35.5. The molecule has 0 fully saturated rings. The Kier molecular flexibility index (Phi) is 5.18. The standard InChI is InChI=1S/C22H20ClN5O/c1-15(20-14-24-28(16(20)2)18-8-4-3-5-9-18)25-22(29)21-11-12-27(26-21)19-10-6-7-17(23)13-19/h3-15H,1-2H3,(H,25,29). The smallest absolute Gasteiger partial charge is 0.272 e. The summed E-state index contributed by atoms with van der Waals surface area (Å²) in [6.07, 6.45) is 3.53. The molecule has 1 amide bonds. The Labute approximate surface area is 173 Å². The minimum Gasteiger partial charge on any atom is -0.344 e. The zero-order valence-corrected chi connectivity index (χ0v) is 16.8. The fourth-order valence-electron chi connectivity index (χ4n) is 3.23. The molecule has 0 radical (unpaired) electrons. The van der Waals surface area contributed by atoms with Crippen molar-refractivity contribution < 1.29 is 4.79 Å². The normalized spacial score (nSPS) is 12.0. The van der Waals surface area contributed by atoms with Gasteiger partial charge in [-0.05, 0) is 50.2 Å². The average molecular weight is 406 g/mol. The topological polar surface area (TPSA) is 64.7 Å². The number of nitrogens with one attached hydrogen (secondary N) is 1. The molecular formula is C22H20ClN5O. The van der Waals surface area contributed by atoms with Gasteiger partial charge in [0.2, 0.25) is 0 Å². The maximum absolute atomic E-state index is 12.7. The number of halogens is 1. The van der Waals surface area contributed by atoms with Crippen LogP contribution in [0.15, 0.2) is 73.1 Å². The van der Waals surface area contributed by atoms with E-state index >= 15 is 0 Å². The Balaban J connectivity index is 1.50. The van der Waals surface area contributed by atoms with E-state index in [0.717, 1.165) is 22.6 Å². The van der Waals surface area contributed by atoms with Gasteiger partial charge in [-0.1, -0.05) is 35.9 Å². The van der Waals surface area contributed by atoms with Crippen molar-refractivity contribution in [1.82, 2.24) is 24.9 Å². The summed E-state index contributed by atoms with van der Waals surface area (Å²) < 4.78 is 3.50. The number of carbonyl (C=O) groups excluding carboxylic acids is 1. The highest BCUT2D eigenvalue weighted by molar-refractivity contribution is 6.30. The lowest BCUT2D eigenvalue weighted by molar-refractivity contribution is 0.0934. The van der Waals surface area contributed by atoms with E-state index < -0.39 is 0 Å². The van der Waals surface area contributed by atoms with Gasteiger partial charge in [0.05, 0.1) is 23.6 Å². The second kappa shape index (κ2) is 7.93. The third-order valence-electron chi connectivity index (χ3n) is 4.76. The van der Waals surface area contributed by atoms with E-state index in [2.05, 4.69) is 15.5 Å². The molecule has 6 nitrogen and oxygen atoms in total. The molecule has 4 rings (SSSR count). The van der Waals surface area contributed by atoms with E-state index in [1.54, 1.807) is 35.3 Å². The summed E-state index contributed by atoms with van der Waals surface area (Å²) in [6.45, 7) is 3.93. The maximum atomic E-state index is 12.7. The molecule has 0 saturated heterocycles. The third-order valence-corrected chi connectivity index (χ3v) is 4.99. The number of rotatable bonds is 5. The molecule has 0 aliphatic heterocycles. The highest BCUT2D eigenvalue weighted by Crippen LogP contribution is 2.20. The van der Waals surface area contributed by atoms with Crippen LogP contribution < -0.4 is 5.32 Å². The Hall–Kier alpha value is -3.38. The van der Waals surface area contributed by atoms with Gasteiger partial charge in [0.15, 0.2) is 5.69 Å². The SMILES string of the molecule is Cc1c(C(C)NC(=O)c2ccn(-c3cccc(Cl)c3)n2)cnn1-c1ccccc1. The van der Waals surface area contributed by atoms with Gasteiger partial charge in [0.1, 0.15) is 0 Å². The molecule has 4 aromatic rings. The first-order chi connectivity index (χ1) is 14.0. The first-order valence-electron chi connectivity index (χ1n) is 9.25. The Morgan fingerprint density at radius 1 is 1.07 bits per heavy atom. The zero-order valence-electron chi connectivity index (χ0n) is 16.1. The minimum atomic E-state index is -0.245. The lowest BCUT2D eigenvalue weighted by Crippen LogP contribution is -2.27. The molecule has 146 valence electrons. The molecule has 0 aliphatic rings. The summed E-state index contributed by atoms with van der Waals surface area (Å²) >= 11 is 6.03. The van der Waals surface area contributed by atoms with Crippen molar-refractivity contribution >= 4 is 17.5 Å². The number of hydrogen-bond donors (Lipinski definition) is 1. The number of nitrogens with zero attached hydrogens (tertiary/aromatic N) is 4. The van der Waals surface area contributed by atoms with Crippen LogP contribution in [0.5, 0.6) is 0 Å². The predicted molar refractivity (Wildman–Crippen MR) is 113 cm³/mol. The summed E-state index contributed by atoms with van der Waals surface area (Å²) in [5.74, 6) is -0.245. The second-order valence-corrected chi connectivity index (χ2v) is 7.19. The Morgan fingerprint density at radius 3 is 2.59 bits per heavy atom. The van der Waals surface area contributed by atoms with Crippen LogP contribution in [-0.4, -0.2) is 25.5 Å². The molecule has 2 heterocycles. The summed E-state index contributed by atoms with van der Waals surface area (Å²) in [7, 11) is 0. The summed E-state index contributed by atoms with van der Waals surface area (Å²) in [6, 6.07) is 18.7. The second-order valence-electron chi connectivity index (χ2n) is 6.75. The van der Waals surface area contributed by atoms with Gasteiger partial charge in [-0.25, -0.2) is 9.36 Å². The first kappa shape index (κ1) is 19.0. The molecule has 7 heteroatoms. The molecule has 0 saturated carbocycles. The van der Waals surface area contributed by atoms with Gasteiger partial charge in [-0.15, -0.1) is 0 Å². The predicted octanol–water partition coefficient (Wildman–Crippen LogP) is 4.51. The molecular weight excluding hydrogens is 386 g/mol. The molecule has 1 atom stereocenters. The molecule has 2 aromatic carbocycles. The highest BCUT2D eigenvalue weighted by Gasteiger charge is 2.18. The van der Waals surface area contributed by atoms with Crippen molar-refractivity contribution in [3.63, 3.8) is 0 Å². The summed E-state index contributed by atoms with van der Waals surface area (Å²) in [5, 5.41) is 12.5. The van der Waals surface area contributed by atoms with Gasteiger partial charge in [0.25, 0.3) is 5.91 Å². The number of para-hydroxylation sites is 1. The first-order valence-corrected chi connectivity index (χ1v) is 9.63. The van der Waals surface area contributed by atoms with E-state index in [0.29, 0.717) is 10.7 Å². The fourth-order valence-corrected chi connectivity index (χ4v) is 3.42. The molecule has 1 unspecified atom stereocenters. The van der Waals surface area contributed by atoms with Crippen LogP contribution in [-0.2, 0) is 0 Å². The number of benzene rings is 2. The maximum Gasteiger partial charge on any atom is 0.272 e. The van der Waals surface area contributed by atoms with Crippen LogP contribution in [0, 0.1) is 6.92 Å². The molecule has 1 N–H and O–H groups in total. The van der Waals surface area contributed by atoms with Crippen LogP contribution >= 0.6 is 11.6 Å². The van der Waals surface area contributed by atoms with Crippen molar-refractivity contribution in [1.29, 1.82) is 0 Å². The molecule has 0 spiro atoms. The number of hydrogen-bond acceptors (Lipinski definition) is 3. The van der Waals surface area contributed by atoms with Gasteiger partial charge >= 0.3 is 0 Å². The number of amides is 1. The van der Waals surface area contributed by atoms with Crippen molar-refractivity contribution in [3.05, 3.63) is 95.0 Å². The van der Waals surface area contributed by atoms with Crippen molar-refractivity contribution in [2.45, 2.75) is 19.9 Å². The molecule has 29 heavy (non-hydrogen) atoms. The fraction of sp³-hybridized carbons (Fsp3) is 0.136. The molecule has 0 aliphatic carbocycles. The van der Waals surface area contributed by atoms with Gasteiger partial charge in [-0.3, -0.25) is 4.79 Å². The van der Waals surface area contributed by atoms with E-state index in [-0.39, 0.29) is 11.9 Å². The van der Waals surface area contributed by atoms with Gasteiger partial charge in [-0.2, -0.15) is 10.2 Å². The van der Waals surface area contributed by atoms with Crippen LogP contribution in [0.4, 0.5) is 0 Å².